The van der Waals surface area contributed by atoms with Crippen LogP contribution in [0.25, 0.3) is 12.2 Å². The fourth-order valence-electron chi connectivity index (χ4n) is 7.76. The van der Waals surface area contributed by atoms with Crippen LogP contribution in [0.3, 0.4) is 0 Å². The number of Topliss-reactive ketones (excluding diaryl/α,β-unsaturated/α-hetero) is 1. The first-order valence-electron chi connectivity index (χ1n) is 17.2. The number of carbonyl (C=O) groups excluding carboxylic acids is 1. The molecule has 0 bridgehead atoms. The largest absolute Gasteiger partial charge is 0.378 e. The zero-order chi connectivity index (χ0) is 31.3. The number of hydrogen-bond donors (Lipinski definition) is 0. The number of ether oxygens (including phenoxy) is 2. The van der Waals surface area contributed by atoms with Gasteiger partial charge in [-0.3, -0.25) is 4.79 Å². The number of morpholine rings is 2. The van der Waals surface area contributed by atoms with Crippen molar-refractivity contribution in [2.75, 3.05) is 52.6 Å². The van der Waals surface area contributed by atoms with E-state index in [0.717, 1.165) is 102 Å². The summed E-state index contributed by atoms with van der Waals surface area (Å²) in [6.45, 7) is 8.84. The summed E-state index contributed by atoms with van der Waals surface area (Å²) in [4.78, 5) is 19.3. The average molecular weight is 615 g/mol. The Morgan fingerprint density at radius 1 is 0.565 bits per heavy atom. The van der Waals surface area contributed by atoms with E-state index in [1.807, 2.05) is 0 Å². The van der Waals surface area contributed by atoms with Crippen molar-refractivity contribution in [3.05, 3.63) is 129 Å². The van der Waals surface area contributed by atoms with Crippen LogP contribution >= 0.6 is 0 Å². The van der Waals surface area contributed by atoms with E-state index in [2.05, 4.69) is 102 Å². The predicted octanol–water partition coefficient (Wildman–Crippen LogP) is 7.77. The highest BCUT2D eigenvalue weighted by molar-refractivity contribution is 6.09. The predicted molar refractivity (Wildman–Crippen MR) is 186 cm³/mol. The van der Waals surface area contributed by atoms with Crippen LogP contribution in [0.1, 0.15) is 56.6 Å². The lowest BCUT2D eigenvalue weighted by molar-refractivity contribution is -0.113. The molecule has 7 rings (SSSR count). The summed E-state index contributed by atoms with van der Waals surface area (Å²) in [6, 6.07) is 21.2. The topological polar surface area (TPSA) is 42.0 Å². The van der Waals surface area contributed by atoms with Crippen molar-refractivity contribution in [3.8, 4) is 0 Å². The van der Waals surface area contributed by atoms with Gasteiger partial charge in [-0.25, -0.2) is 0 Å². The summed E-state index contributed by atoms with van der Waals surface area (Å²) in [5, 5.41) is 0. The van der Waals surface area contributed by atoms with Crippen LogP contribution in [0.4, 0.5) is 0 Å². The molecule has 2 aromatic rings. The number of rotatable bonds is 6. The lowest BCUT2D eigenvalue weighted by Crippen LogP contribution is -2.36. The first-order chi connectivity index (χ1) is 22.6. The van der Waals surface area contributed by atoms with Crippen molar-refractivity contribution in [1.82, 2.24) is 9.80 Å². The van der Waals surface area contributed by atoms with E-state index in [4.69, 9.17) is 9.47 Å². The zero-order valence-electron chi connectivity index (χ0n) is 27.2. The van der Waals surface area contributed by atoms with Crippen molar-refractivity contribution in [3.63, 3.8) is 0 Å². The van der Waals surface area contributed by atoms with E-state index in [1.54, 1.807) is 0 Å². The Morgan fingerprint density at radius 2 is 0.978 bits per heavy atom. The van der Waals surface area contributed by atoms with Crippen molar-refractivity contribution in [2.45, 2.75) is 45.4 Å². The molecule has 5 heteroatoms. The number of carbonyl (C=O) groups is 1. The van der Waals surface area contributed by atoms with Crippen LogP contribution in [-0.2, 0) is 14.3 Å². The highest BCUT2D eigenvalue weighted by Crippen LogP contribution is 2.41. The fraction of sp³-hybridized carbons (Fsp3) is 0.390. The van der Waals surface area contributed by atoms with E-state index in [-0.39, 0.29) is 5.78 Å². The van der Waals surface area contributed by atoms with Crippen LogP contribution < -0.4 is 0 Å². The van der Waals surface area contributed by atoms with Crippen LogP contribution in [0, 0.1) is 5.92 Å². The molecule has 2 aliphatic heterocycles. The fourth-order valence-corrected chi connectivity index (χ4v) is 7.76. The Balaban J connectivity index is 1.24. The second-order valence-corrected chi connectivity index (χ2v) is 13.3. The van der Waals surface area contributed by atoms with E-state index < -0.39 is 0 Å². The summed E-state index contributed by atoms with van der Waals surface area (Å²) in [7, 11) is 0. The van der Waals surface area contributed by atoms with Crippen LogP contribution in [0.5, 0.6) is 0 Å². The molecule has 0 amide bonds. The van der Waals surface area contributed by atoms with Gasteiger partial charge in [-0.15, -0.1) is 0 Å². The molecule has 0 radical (unpaired) electrons. The van der Waals surface area contributed by atoms with Gasteiger partial charge in [0.25, 0.3) is 0 Å². The SMILES string of the molecule is CC1C/C(=C/C2=C(N3CCOCC3)C(=C/c3ccccc3)/CC2)C(=O)/C(=C/C2=C(N3CCOCC3)C(=C/c3ccccc3)/CC2)C1. The Bertz CT molecular complexity index is 1490. The molecule has 0 aromatic heterocycles. The molecule has 2 aromatic carbocycles. The molecular formula is C41H46N2O3. The Kier molecular flexibility index (Phi) is 9.50. The van der Waals surface area contributed by atoms with Crippen molar-refractivity contribution >= 4 is 17.9 Å². The smallest absolute Gasteiger partial charge is 0.185 e. The number of hydrogen-bond acceptors (Lipinski definition) is 5. The Hall–Kier alpha value is -3.93. The molecule has 5 nitrogen and oxygen atoms in total. The van der Waals surface area contributed by atoms with Crippen LogP contribution in [0.2, 0.25) is 0 Å². The van der Waals surface area contributed by atoms with Gasteiger partial charge >= 0.3 is 0 Å². The van der Waals surface area contributed by atoms with Gasteiger partial charge in [-0.2, -0.15) is 0 Å². The molecule has 1 saturated carbocycles. The molecule has 1 unspecified atom stereocenters. The van der Waals surface area contributed by atoms with Gasteiger partial charge in [0.2, 0.25) is 0 Å². The van der Waals surface area contributed by atoms with E-state index in [9.17, 15) is 4.79 Å². The third kappa shape index (κ3) is 6.91. The molecule has 0 spiro atoms. The molecule has 5 aliphatic rings. The summed E-state index contributed by atoms with van der Waals surface area (Å²) >= 11 is 0. The molecule has 2 heterocycles. The number of benzene rings is 2. The first kappa shape index (κ1) is 30.7. The highest BCUT2D eigenvalue weighted by Gasteiger charge is 2.31. The number of ketones is 1. The molecule has 46 heavy (non-hydrogen) atoms. The minimum Gasteiger partial charge on any atom is -0.378 e. The molecule has 1 atom stereocenters. The Morgan fingerprint density at radius 3 is 1.39 bits per heavy atom. The maximum atomic E-state index is 14.3. The third-order valence-electron chi connectivity index (χ3n) is 9.90. The van der Waals surface area contributed by atoms with Crippen molar-refractivity contribution in [2.24, 2.45) is 5.92 Å². The van der Waals surface area contributed by atoms with Gasteiger partial charge in [0.1, 0.15) is 0 Å². The summed E-state index contributed by atoms with van der Waals surface area (Å²) in [6.07, 6.45) is 14.8. The number of allylic oxidation sites excluding steroid dienone is 8. The highest BCUT2D eigenvalue weighted by atomic mass is 16.5. The molecule has 3 aliphatic carbocycles. The van der Waals surface area contributed by atoms with E-state index >= 15 is 0 Å². The van der Waals surface area contributed by atoms with Gasteiger partial charge in [0.05, 0.1) is 26.4 Å². The minimum atomic E-state index is 0.238. The monoisotopic (exact) mass is 614 g/mol. The van der Waals surface area contributed by atoms with Crippen LogP contribution in [-0.4, -0.2) is 68.2 Å². The van der Waals surface area contributed by atoms with Gasteiger partial charge in [0.15, 0.2) is 5.78 Å². The number of nitrogens with zero attached hydrogens (tertiary/aromatic N) is 2. The second kappa shape index (κ2) is 14.2. The van der Waals surface area contributed by atoms with Crippen molar-refractivity contribution in [1.29, 1.82) is 0 Å². The van der Waals surface area contributed by atoms with Crippen LogP contribution in [0.15, 0.2) is 118 Å². The zero-order valence-corrected chi connectivity index (χ0v) is 27.2. The van der Waals surface area contributed by atoms with Gasteiger partial charge < -0.3 is 19.3 Å². The standard InChI is InChI=1S/C41H46N2O3/c1-30-24-37(28-35-14-12-33(26-31-8-4-2-5-9-31)39(35)42-16-20-45-21-17-42)41(44)38(25-30)29-36-15-13-34(27-32-10-6-3-7-11-32)40(36)43-18-22-46-23-19-43/h2-11,26-30H,12-25H2,1H3/b33-26+,34-27+,37-28-,38-29+. The van der Waals surface area contributed by atoms with Gasteiger partial charge in [-0.1, -0.05) is 67.6 Å². The molecule has 3 fully saturated rings. The van der Waals surface area contributed by atoms with Crippen molar-refractivity contribution < 1.29 is 14.3 Å². The normalized spacial score (nSPS) is 26.5. The second-order valence-electron chi connectivity index (χ2n) is 13.3. The maximum absolute atomic E-state index is 14.3. The Labute approximate surface area is 274 Å². The van der Waals surface area contributed by atoms with E-state index in [1.165, 1.54) is 44.8 Å². The molecular weight excluding hydrogens is 568 g/mol. The van der Waals surface area contributed by atoms with Gasteiger partial charge in [0, 0.05) is 48.7 Å². The van der Waals surface area contributed by atoms with E-state index in [0.29, 0.717) is 5.92 Å². The molecule has 2 saturated heterocycles. The minimum absolute atomic E-state index is 0.238. The lowest BCUT2D eigenvalue weighted by Gasteiger charge is -2.32. The summed E-state index contributed by atoms with van der Waals surface area (Å²) in [5.74, 6) is 0.665. The average Bonchev–Trinajstić information content (AvgIpc) is 3.68. The lowest BCUT2D eigenvalue weighted by atomic mass is 9.80. The quantitative estimate of drug-likeness (QED) is 0.311. The molecule has 0 N–H and O–H groups in total. The third-order valence-corrected chi connectivity index (χ3v) is 9.90. The van der Waals surface area contributed by atoms with Gasteiger partial charge in [-0.05, 0) is 102 Å². The summed E-state index contributed by atoms with van der Waals surface area (Å²) < 4.78 is 11.4. The molecule has 238 valence electrons. The maximum Gasteiger partial charge on any atom is 0.185 e. The first-order valence-corrected chi connectivity index (χ1v) is 17.2. The summed E-state index contributed by atoms with van der Waals surface area (Å²) in [5.41, 5.74) is 12.4.